The molecule has 0 unspecified atom stereocenters. The van der Waals surface area contributed by atoms with Crippen molar-refractivity contribution in [2.45, 2.75) is 63.3 Å². The van der Waals surface area contributed by atoms with E-state index in [-0.39, 0.29) is 30.0 Å². The Bertz CT molecular complexity index is 683. The zero-order valence-electron chi connectivity index (χ0n) is 14.0. The summed E-state index contributed by atoms with van der Waals surface area (Å²) in [5.74, 6) is -0.878. The summed E-state index contributed by atoms with van der Waals surface area (Å²) < 4.78 is 22.1. The Balaban J connectivity index is 1.81. The van der Waals surface area contributed by atoms with Crippen LogP contribution in [-0.2, 0) is 14.3 Å². The summed E-state index contributed by atoms with van der Waals surface area (Å²) in [6, 6.07) is 0. The fourth-order valence-electron chi connectivity index (χ4n) is 5.74. The van der Waals surface area contributed by atoms with Crippen LogP contribution < -0.4 is 0 Å². The maximum Gasteiger partial charge on any atom is 0.306 e. The summed E-state index contributed by atoms with van der Waals surface area (Å²) in [4.78, 5) is 23.5. The number of hydrogen-bond acceptors (Lipinski definition) is 4. The predicted molar refractivity (Wildman–Crippen MR) is 84.7 cm³/mol. The highest BCUT2D eigenvalue weighted by molar-refractivity contribution is 6.01. The van der Waals surface area contributed by atoms with Crippen molar-refractivity contribution >= 4 is 11.8 Å². The standard InChI is InChI=1S/C19H23FO4/c1-17-8-7-12(21)9-11(17)3-4-14-13-5-6-16(23)24-18(13,2)10-15(22)19(14,17)20/h7-9,13-15,22H,3-6,10H2,1-2H3/t13-,14+,15-,17-,18+,19+/m0/s1. The summed E-state index contributed by atoms with van der Waals surface area (Å²) in [6.07, 6.45) is 5.53. The molecule has 1 heterocycles. The van der Waals surface area contributed by atoms with E-state index >= 15 is 4.39 Å². The van der Waals surface area contributed by atoms with Crippen molar-refractivity contribution in [3.05, 3.63) is 23.8 Å². The number of ketones is 1. The van der Waals surface area contributed by atoms with Crippen molar-refractivity contribution < 1.29 is 23.8 Å². The third-order valence-corrected chi connectivity index (χ3v) is 6.98. The van der Waals surface area contributed by atoms with E-state index in [1.807, 2.05) is 6.92 Å². The van der Waals surface area contributed by atoms with Gasteiger partial charge in [-0.2, -0.15) is 0 Å². The Labute approximate surface area is 140 Å². The number of esters is 1. The maximum atomic E-state index is 16.5. The van der Waals surface area contributed by atoms with E-state index in [0.717, 1.165) is 5.57 Å². The van der Waals surface area contributed by atoms with Gasteiger partial charge < -0.3 is 9.84 Å². The number of halogens is 1. The molecule has 0 spiro atoms. The number of carbonyl (C=O) groups excluding carboxylic acids is 2. The van der Waals surface area contributed by atoms with Crippen LogP contribution in [-0.4, -0.2) is 34.2 Å². The number of hydrogen-bond donors (Lipinski definition) is 1. The molecule has 24 heavy (non-hydrogen) atoms. The van der Waals surface area contributed by atoms with Gasteiger partial charge >= 0.3 is 5.97 Å². The molecule has 2 saturated carbocycles. The van der Waals surface area contributed by atoms with Crippen molar-refractivity contribution in [1.82, 2.24) is 0 Å². The van der Waals surface area contributed by atoms with Gasteiger partial charge in [0, 0.05) is 30.1 Å². The summed E-state index contributed by atoms with van der Waals surface area (Å²) in [5, 5.41) is 10.8. The number of aliphatic hydroxyl groups excluding tert-OH is 1. The molecule has 0 aromatic carbocycles. The largest absolute Gasteiger partial charge is 0.459 e. The van der Waals surface area contributed by atoms with Crippen LogP contribution in [0.4, 0.5) is 4.39 Å². The number of carbonyl (C=O) groups is 2. The zero-order chi connectivity index (χ0) is 17.3. The average Bonchev–Trinajstić information content (AvgIpc) is 2.49. The van der Waals surface area contributed by atoms with E-state index in [0.29, 0.717) is 25.7 Å². The van der Waals surface area contributed by atoms with E-state index in [2.05, 4.69) is 0 Å². The van der Waals surface area contributed by atoms with Crippen LogP contribution >= 0.6 is 0 Å². The van der Waals surface area contributed by atoms with E-state index < -0.39 is 22.8 Å². The fraction of sp³-hybridized carbons (Fsp3) is 0.684. The molecule has 5 heteroatoms. The van der Waals surface area contributed by atoms with Gasteiger partial charge in [0.1, 0.15) is 5.60 Å². The number of alkyl halides is 1. The Morgan fingerprint density at radius 3 is 2.67 bits per heavy atom. The van der Waals surface area contributed by atoms with Gasteiger partial charge in [-0.05, 0) is 45.3 Å². The first-order valence-electron chi connectivity index (χ1n) is 8.74. The molecule has 4 rings (SSSR count). The molecule has 3 aliphatic carbocycles. The zero-order valence-corrected chi connectivity index (χ0v) is 14.0. The molecular formula is C19H23FO4. The number of fused-ring (bicyclic) bond motifs is 5. The van der Waals surface area contributed by atoms with Crippen molar-refractivity contribution in [2.24, 2.45) is 17.3 Å². The highest BCUT2D eigenvalue weighted by atomic mass is 19.1. The molecule has 3 fully saturated rings. The van der Waals surface area contributed by atoms with Gasteiger partial charge in [0.15, 0.2) is 11.5 Å². The molecule has 0 radical (unpaired) electrons. The lowest BCUT2D eigenvalue weighted by Gasteiger charge is -2.62. The molecule has 1 N–H and O–H groups in total. The van der Waals surface area contributed by atoms with Crippen LogP contribution in [0, 0.1) is 17.3 Å². The SMILES string of the molecule is C[C@@]12C[C@H](O)[C@]3(F)[C@H](CCC4=CC(=O)C=C[C@@]43C)[C@@H]1CCC(=O)O2. The van der Waals surface area contributed by atoms with Crippen LogP contribution in [0.3, 0.4) is 0 Å². The number of allylic oxidation sites excluding steroid dienone is 4. The lowest BCUT2D eigenvalue weighted by molar-refractivity contribution is -0.241. The average molecular weight is 334 g/mol. The summed E-state index contributed by atoms with van der Waals surface area (Å²) in [6.45, 7) is 3.61. The van der Waals surface area contributed by atoms with Gasteiger partial charge in [-0.25, -0.2) is 4.39 Å². The molecule has 4 nitrogen and oxygen atoms in total. The van der Waals surface area contributed by atoms with Crippen molar-refractivity contribution in [2.75, 3.05) is 0 Å². The molecule has 4 aliphatic rings. The Hall–Kier alpha value is -1.49. The van der Waals surface area contributed by atoms with Crippen molar-refractivity contribution in [3.8, 4) is 0 Å². The summed E-state index contributed by atoms with van der Waals surface area (Å²) in [5.41, 5.74) is -2.86. The van der Waals surface area contributed by atoms with Crippen molar-refractivity contribution in [3.63, 3.8) is 0 Å². The third kappa shape index (κ3) is 1.82. The van der Waals surface area contributed by atoms with Crippen LogP contribution in [0.2, 0.25) is 0 Å². The molecule has 6 atom stereocenters. The van der Waals surface area contributed by atoms with E-state index in [1.54, 1.807) is 13.0 Å². The van der Waals surface area contributed by atoms with Crippen LogP contribution in [0.1, 0.15) is 46.0 Å². The number of rotatable bonds is 0. The molecule has 130 valence electrons. The summed E-state index contributed by atoms with van der Waals surface area (Å²) >= 11 is 0. The van der Waals surface area contributed by atoms with Crippen LogP contribution in [0.5, 0.6) is 0 Å². The Morgan fingerprint density at radius 1 is 1.21 bits per heavy atom. The monoisotopic (exact) mass is 334 g/mol. The quantitative estimate of drug-likeness (QED) is 0.692. The summed E-state index contributed by atoms with van der Waals surface area (Å²) in [7, 11) is 0. The van der Waals surface area contributed by atoms with E-state index in [1.165, 1.54) is 12.2 Å². The molecule has 1 saturated heterocycles. The second kappa shape index (κ2) is 4.78. The third-order valence-electron chi connectivity index (χ3n) is 6.98. The molecule has 1 aliphatic heterocycles. The molecular weight excluding hydrogens is 311 g/mol. The smallest absolute Gasteiger partial charge is 0.306 e. The van der Waals surface area contributed by atoms with Crippen molar-refractivity contribution in [1.29, 1.82) is 0 Å². The molecule has 0 aromatic heterocycles. The van der Waals surface area contributed by atoms with Gasteiger partial charge in [0.05, 0.1) is 6.10 Å². The Kier molecular flexibility index (Phi) is 3.19. The fourth-order valence-corrected chi connectivity index (χ4v) is 5.74. The maximum absolute atomic E-state index is 16.5. The molecule has 0 amide bonds. The first-order chi connectivity index (χ1) is 11.2. The van der Waals surface area contributed by atoms with Gasteiger partial charge in [0.2, 0.25) is 0 Å². The highest BCUT2D eigenvalue weighted by Gasteiger charge is 2.69. The minimum Gasteiger partial charge on any atom is -0.459 e. The van der Waals surface area contributed by atoms with Gasteiger partial charge in [0.25, 0.3) is 0 Å². The lowest BCUT2D eigenvalue weighted by atomic mass is 9.46. The number of ether oxygens (including phenoxy) is 1. The minimum atomic E-state index is -1.85. The first-order valence-corrected chi connectivity index (χ1v) is 8.74. The molecule has 0 bridgehead atoms. The van der Waals surface area contributed by atoms with E-state index in [4.69, 9.17) is 4.74 Å². The lowest BCUT2D eigenvalue weighted by Crippen LogP contribution is -2.69. The first kappa shape index (κ1) is 16.0. The predicted octanol–water partition coefficient (Wildman–Crippen LogP) is 2.65. The normalized spacial score (nSPS) is 50.3. The minimum absolute atomic E-state index is 0.0983. The van der Waals surface area contributed by atoms with Gasteiger partial charge in [-0.3, -0.25) is 9.59 Å². The second-order valence-electron chi connectivity index (χ2n) is 8.17. The second-order valence-corrected chi connectivity index (χ2v) is 8.17. The topological polar surface area (TPSA) is 63.6 Å². The number of aliphatic hydroxyl groups is 1. The van der Waals surface area contributed by atoms with Crippen LogP contribution in [0.15, 0.2) is 23.8 Å². The highest BCUT2D eigenvalue weighted by Crippen LogP contribution is 2.64. The van der Waals surface area contributed by atoms with Gasteiger partial charge in [-0.1, -0.05) is 11.6 Å². The Morgan fingerprint density at radius 2 is 1.92 bits per heavy atom. The van der Waals surface area contributed by atoms with E-state index in [9.17, 15) is 14.7 Å². The van der Waals surface area contributed by atoms with Gasteiger partial charge in [-0.15, -0.1) is 0 Å². The van der Waals surface area contributed by atoms with Crippen LogP contribution in [0.25, 0.3) is 0 Å². The molecule has 0 aromatic rings.